The number of benzene rings is 1. The molecule has 94 valence electrons. The van der Waals surface area contributed by atoms with Crippen molar-refractivity contribution in [3.63, 3.8) is 0 Å². The van der Waals surface area contributed by atoms with Crippen LogP contribution >= 0.6 is 0 Å². The van der Waals surface area contributed by atoms with Gasteiger partial charge in [-0.25, -0.2) is 13.6 Å². The van der Waals surface area contributed by atoms with Crippen LogP contribution in [0.1, 0.15) is 19.4 Å². The van der Waals surface area contributed by atoms with E-state index in [0.717, 1.165) is 18.2 Å². The molecule has 1 rings (SSSR count). The Morgan fingerprint density at radius 3 is 2.61 bits per heavy atom. The molecule has 0 spiro atoms. The second kappa shape index (κ2) is 5.92. The summed E-state index contributed by atoms with van der Waals surface area (Å²) in [5.74, 6) is -2.41. The first-order valence-electron chi connectivity index (χ1n) is 5.22. The Morgan fingerprint density at radius 1 is 1.44 bits per heavy atom. The zero-order chi connectivity index (χ0) is 13.7. The van der Waals surface area contributed by atoms with Crippen molar-refractivity contribution in [3.8, 4) is 6.07 Å². The van der Waals surface area contributed by atoms with Crippen molar-refractivity contribution in [3.05, 3.63) is 41.0 Å². The third-order valence-corrected chi connectivity index (χ3v) is 1.95. The van der Waals surface area contributed by atoms with E-state index in [-0.39, 0.29) is 17.2 Å². The molecule has 1 aromatic rings. The number of esters is 1. The smallest absolute Gasteiger partial charge is 0.349 e. The second-order valence-electron chi connectivity index (χ2n) is 3.79. The third-order valence-electron chi connectivity index (χ3n) is 1.95. The zero-order valence-corrected chi connectivity index (χ0v) is 9.91. The summed E-state index contributed by atoms with van der Waals surface area (Å²) in [6.45, 7) is 3.26. The van der Waals surface area contributed by atoms with Crippen LogP contribution in [0.2, 0.25) is 0 Å². The highest BCUT2D eigenvalue weighted by Crippen LogP contribution is 2.14. The molecule has 18 heavy (non-hydrogen) atoms. The van der Waals surface area contributed by atoms with Crippen LogP contribution in [0.25, 0.3) is 6.08 Å². The highest BCUT2D eigenvalue weighted by molar-refractivity contribution is 5.97. The number of ether oxygens (including phenoxy) is 1. The molecule has 0 aromatic heterocycles. The lowest BCUT2D eigenvalue weighted by molar-refractivity contribution is -0.142. The van der Waals surface area contributed by atoms with Crippen molar-refractivity contribution in [2.75, 3.05) is 0 Å². The number of hydrogen-bond acceptors (Lipinski definition) is 3. The Morgan fingerprint density at radius 2 is 2.11 bits per heavy atom. The number of rotatable bonds is 3. The first-order valence-corrected chi connectivity index (χ1v) is 5.22. The molecule has 0 N–H and O–H groups in total. The Hall–Kier alpha value is -2.22. The highest BCUT2D eigenvalue weighted by atomic mass is 19.1. The van der Waals surface area contributed by atoms with E-state index >= 15 is 0 Å². The predicted octanol–water partition coefficient (Wildman–Crippen LogP) is 2.82. The first kappa shape index (κ1) is 13.8. The normalized spacial score (nSPS) is 11.2. The van der Waals surface area contributed by atoms with Gasteiger partial charge in [-0.2, -0.15) is 5.26 Å². The molecule has 5 heteroatoms. The molecular weight excluding hydrogens is 240 g/mol. The zero-order valence-electron chi connectivity index (χ0n) is 9.91. The van der Waals surface area contributed by atoms with Gasteiger partial charge in [-0.15, -0.1) is 0 Å². The van der Waals surface area contributed by atoms with E-state index < -0.39 is 17.6 Å². The van der Waals surface area contributed by atoms with Gasteiger partial charge in [-0.1, -0.05) is 0 Å². The molecule has 0 saturated carbocycles. The van der Waals surface area contributed by atoms with Crippen molar-refractivity contribution in [1.82, 2.24) is 0 Å². The molecule has 0 bridgehead atoms. The lowest BCUT2D eigenvalue weighted by Crippen LogP contribution is -2.12. The number of hydrogen-bond donors (Lipinski definition) is 0. The first-order chi connectivity index (χ1) is 8.43. The summed E-state index contributed by atoms with van der Waals surface area (Å²) in [6, 6.07) is 4.48. The van der Waals surface area contributed by atoms with E-state index in [9.17, 15) is 13.6 Å². The maximum Gasteiger partial charge on any atom is 0.349 e. The summed E-state index contributed by atoms with van der Waals surface area (Å²) in [5, 5.41) is 8.80. The van der Waals surface area contributed by atoms with Crippen molar-refractivity contribution in [2.24, 2.45) is 0 Å². The SMILES string of the molecule is CC(C)OC(=O)/C(C#N)=C\c1ccc(F)cc1F. The average Bonchev–Trinajstić information content (AvgIpc) is 2.27. The van der Waals surface area contributed by atoms with Gasteiger partial charge in [-0.05, 0) is 32.1 Å². The fourth-order valence-electron chi connectivity index (χ4n) is 1.19. The van der Waals surface area contributed by atoms with Crippen LogP contribution in [0.15, 0.2) is 23.8 Å². The molecule has 0 aliphatic heterocycles. The van der Waals surface area contributed by atoms with Gasteiger partial charge < -0.3 is 4.74 Å². The van der Waals surface area contributed by atoms with E-state index in [1.807, 2.05) is 0 Å². The molecule has 0 aliphatic rings. The van der Waals surface area contributed by atoms with Gasteiger partial charge in [0.2, 0.25) is 0 Å². The molecule has 0 fully saturated rings. The summed E-state index contributed by atoms with van der Waals surface area (Å²) in [4.78, 5) is 11.5. The monoisotopic (exact) mass is 251 g/mol. The van der Waals surface area contributed by atoms with E-state index in [4.69, 9.17) is 10.00 Å². The van der Waals surface area contributed by atoms with Gasteiger partial charge in [0.15, 0.2) is 0 Å². The quantitative estimate of drug-likeness (QED) is 0.471. The summed E-state index contributed by atoms with van der Waals surface area (Å²) >= 11 is 0. The largest absolute Gasteiger partial charge is 0.459 e. The van der Waals surface area contributed by atoms with Crippen LogP contribution in [-0.4, -0.2) is 12.1 Å². The van der Waals surface area contributed by atoms with Crippen LogP contribution in [0, 0.1) is 23.0 Å². The van der Waals surface area contributed by atoms with Crippen LogP contribution in [0.3, 0.4) is 0 Å². The minimum atomic E-state index is -0.847. The number of carbonyl (C=O) groups is 1. The van der Waals surface area contributed by atoms with Gasteiger partial charge in [-0.3, -0.25) is 0 Å². The maximum atomic E-state index is 13.3. The Kier molecular flexibility index (Phi) is 4.55. The minimum Gasteiger partial charge on any atom is -0.459 e. The molecule has 0 radical (unpaired) electrons. The molecule has 3 nitrogen and oxygen atoms in total. The van der Waals surface area contributed by atoms with Gasteiger partial charge in [0, 0.05) is 11.6 Å². The molecule has 0 heterocycles. The van der Waals surface area contributed by atoms with E-state index in [1.54, 1.807) is 19.9 Å². The summed E-state index contributed by atoms with van der Waals surface area (Å²) in [5.41, 5.74) is -0.386. The molecule has 1 aromatic carbocycles. The Balaban J connectivity index is 3.05. The van der Waals surface area contributed by atoms with Crippen molar-refractivity contribution in [1.29, 1.82) is 5.26 Å². The van der Waals surface area contributed by atoms with Crippen molar-refractivity contribution >= 4 is 12.0 Å². The molecule has 0 unspecified atom stereocenters. The van der Waals surface area contributed by atoms with Crippen LogP contribution in [-0.2, 0) is 9.53 Å². The molecule has 0 amide bonds. The second-order valence-corrected chi connectivity index (χ2v) is 3.79. The Bertz CT molecular complexity index is 530. The maximum absolute atomic E-state index is 13.3. The number of nitrogens with zero attached hydrogens (tertiary/aromatic N) is 1. The number of carbonyl (C=O) groups excluding carboxylic acids is 1. The van der Waals surface area contributed by atoms with Gasteiger partial charge in [0.1, 0.15) is 23.3 Å². The highest BCUT2D eigenvalue weighted by Gasteiger charge is 2.13. The topological polar surface area (TPSA) is 50.1 Å². The van der Waals surface area contributed by atoms with Gasteiger partial charge in [0.25, 0.3) is 0 Å². The summed E-state index contributed by atoms with van der Waals surface area (Å²) in [7, 11) is 0. The standard InChI is InChI=1S/C13H11F2NO2/c1-8(2)18-13(17)10(7-16)5-9-3-4-11(14)6-12(9)15/h3-6,8H,1-2H3/b10-5-. The van der Waals surface area contributed by atoms with E-state index in [2.05, 4.69) is 0 Å². The summed E-state index contributed by atoms with van der Waals surface area (Å²) < 4.78 is 30.8. The average molecular weight is 251 g/mol. The lowest BCUT2D eigenvalue weighted by atomic mass is 10.1. The molecular formula is C13H11F2NO2. The van der Waals surface area contributed by atoms with Crippen LogP contribution in [0.5, 0.6) is 0 Å². The number of halogens is 2. The molecule has 0 aliphatic carbocycles. The molecule has 0 saturated heterocycles. The van der Waals surface area contributed by atoms with Crippen LogP contribution < -0.4 is 0 Å². The van der Waals surface area contributed by atoms with Gasteiger partial charge in [0.05, 0.1) is 6.10 Å². The fraction of sp³-hybridized carbons (Fsp3) is 0.231. The number of nitriles is 1. The van der Waals surface area contributed by atoms with Gasteiger partial charge >= 0.3 is 5.97 Å². The lowest BCUT2D eigenvalue weighted by Gasteiger charge is -2.06. The minimum absolute atomic E-state index is 0.0475. The Labute approximate surface area is 103 Å². The van der Waals surface area contributed by atoms with Crippen molar-refractivity contribution in [2.45, 2.75) is 20.0 Å². The fourth-order valence-corrected chi connectivity index (χ4v) is 1.19. The third kappa shape index (κ3) is 3.67. The summed E-state index contributed by atoms with van der Waals surface area (Å²) in [6.07, 6.45) is 0.645. The van der Waals surface area contributed by atoms with Crippen molar-refractivity contribution < 1.29 is 18.3 Å². The molecule has 0 atom stereocenters. The van der Waals surface area contributed by atoms with Crippen LogP contribution in [0.4, 0.5) is 8.78 Å². The van der Waals surface area contributed by atoms with E-state index in [1.165, 1.54) is 0 Å². The predicted molar refractivity (Wildman–Crippen MR) is 61.2 cm³/mol. The van der Waals surface area contributed by atoms with E-state index in [0.29, 0.717) is 6.07 Å².